The second-order valence-corrected chi connectivity index (χ2v) is 5.03. The van der Waals surface area contributed by atoms with Crippen LogP contribution in [0.5, 0.6) is 0 Å². The van der Waals surface area contributed by atoms with Crippen molar-refractivity contribution in [2.75, 3.05) is 13.1 Å². The van der Waals surface area contributed by atoms with Gasteiger partial charge in [0.25, 0.3) is 5.91 Å². The number of rotatable bonds is 1. The number of halogens is 1. The van der Waals surface area contributed by atoms with Crippen molar-refractivity contribution < 1.29 is 4.79 Å². The molecule has 3 nitrogen and oxygen atoms in total. The van der Waals surface area contributed by atoms with Crippen molar-refractivity contribution in [2.24, 2.45) is 5.92 Å². The van der Waals surface area contributed by atoms with E-state index in [1.807, 2.05) is 4.90 Å². The highest BCUT2D eigenvalue weighted by molar-refractivity contribution is 6.32. The van der Waals surface area contributed by atoms with E-state index in [1.54, 1.807) is 18.3 Å². The van der Waals surface area contributed by atoms with Gasteiger partial charge in [-0.05, 0) is 37.3 Å². The summed E-state index contributed by atoms with van der Waals surface area (Å²) in [6.45, 7) is 3.89. The maximum absolute atomic E-state index is 12.3. The maximum Gasteiger partial charge on any atom is 0.256 e. The van der Waals surface area contributed by atoms with Gasteiger partial charge in [0.2, 0.25) is 0 Å². The minimum Gasteiger partial charge on any atom is -0.339 e. The van der Waals surface area contributed by atoms with Crippen molar-refractivity contribution in [1.29, 1.82) is 0 Å². The Balaban J connectivity index is 2.12. The van der Waals surface area contributed by atoms with Crippen LogP contribution < -0.4 is 0 Å². The molecule has 1 atom stereocenters. The summed E-state index contributed by atoms with van der Waals surface area (Å²) in [4.78, 5) is 18.1. The quantitative estimate of drug-likeness (QED) is 0.720. The van der Waals surface area contributed by atoms with Crippen molar-refractivity contribution in [3.05, 3.63) is 29.0 Å². The molecule has 0 aliphatic carbocycles. The van der Waals surface area contributed by atoms with Gasteiger partial charge in [0.15, 0.2) is 0 Å². The van der Waals surface area contributed by atoms with Gasteiger partial charge in [-0.3, -0.25) is 4.79 Å². The van der Waals surface area contributed by atoms with Crippen molar-refractivity contribution in [3.8, 4) is 0 Å². The van der Waals surface area contributed by atoms with Crippen LogP contribution in [0.4, 0.5) is 0 Å². The summed E-state index contributed by atoms with van der Waals surface area (Å²) in [5.41, 5.74) is 0.517. The lowest BCUT2D eigenvalue weighted by Crippen LogP contribution is -2.32. The number of likely N-dealkylation sites (tertiary alicyclic amines) is 1. The fraction of sp³-hybridized carbons (Fsp3) is 0.538. The lowest BCUT2D eigenvalue weighted by Gasteiger charge is -2.20. The highest BCUT2D eigenvalue weighted by atomic mass is 35.5. The minimum absolute atomic E-state index is 0.0113. The van der Waals surface area contributed by atoms with Crippen LogP contribution in [0.25, 0.3) is 0 Å². The standard InChI is InChI=1S/C13H17ClN2O/c1-10-4-3-8-16(9-6-10)13(17)11-5-2-7-15-12(11)14/h2,5,7,10H,3-4,6,8-9H2,1H3. The van der Waals surface area contributed by atoms with Gasteiger partial charge in [-0.1, -0.05) is 18.5 Å². The van der Waals surface area contributed by atoms with Crippen LogP contribution >= 0.6 is 11.6 Å². The van der Waals surface area contributed by atoms with Crippen molar-refractivity contribution in [1.82, 2.24) is 9.88 Å². The monoisotopic (exact) mass is 252 g/mol. The highest BCUT2D eigenvalue weighted by Gasteiger charge is 2.21. The van der Waals surface area contributed by atoms with E-state index in [4.69, 9.17) is 11.6 Å². The Morgan fingerprint density at radius 3 is 3.06 bits per heavy atom. The molecule has 0 spiro atoms. The summed E-state index contributed by atoms with van der Waals surface area (Å²) in [6.07, 6.45) is 4.95. The fourth-order valence-electron chi connectivity index (χ4n) is 2.18. The van der Waals surface area contributed by atoms with E-state index in [0.29, 0.717) is 16.6 Å². The third-order valence-corrected chi connectivity index (χ3v) is 3.59. The van der Waals surface area contributed by atoms with E-state index in [9.17, 15) is 4.79 Å². The second-order valence-electron chi connectivity index (χ2n) is 4.67. The molecule has 1 aromatic rings. The molecule has 0 saturated carbocycles. The topological polar surface area (TPSA) is 33.2 Å². The van der Waals surface area contributed by atoms with Crippen LogP contribution in [0.1, 0.15) is 36.5 Å². The maximum atomic E-state index is 12.3. The number of hydrogen-bond acceptors (Lipinski definition) is 2. The molecule has 1 amide bonds. The molecule has 1 unspecified atom stereocenters. The van der Waals surface area contributed by atoms with E-state index in [2.05, 4.69) is 11.9 Å². The molecule has 0 radical (unpaired) electrons. The Hall–Kier alpha value is -1.09. The van der Waals surface area contributed by atoms with Crippen molar-refractivity contribution in [2.45, 2.75) is 26.2 Å². The largest absolute Gasteiger partial charge is 0.339 e. The van der Waals surface area contributed by atoms with Crippen molar-refractivity contribution in [3.63, 3.8) is 0 Å². The van der Waals surface area contributed by atoms with Gasteiger partial charge in [0.05, 0.1) is 5.56 Å². The van der Waals surface area contributed by atoms with Gasteiger partial charge < -0.3 is 4.90 Å². The van der Waals surface area contributed by atoms with E-state index < -0.39 is 0 Å². The Labute approximate surface area is 107 Å². The molecule has 2 rings (SSSR count). The SMILES string of the molecule is CC1CCCN(C(=O)c2cccnc2Cl)CC1. The molecule has 92 valence electrons. The van der Waals surface area contributed by atoms with Gasteiger partial charge in [-0.2, -0.15) is 0 Å². The van der Waals surface area contributed by atoms with E-state index in [0.717, 1.165) is 25.9 Å². The van der Waals surface area contributed by atoms with Crippen LogP contribution in [0, 0.1) is 5.92 Å². The number of pyridine rings is 1. The molecule has 0 bridgehead atoms. The smallest absolute Gasteiger partial charge is 0.256 e. The fourth-order valence-corrected chi connectivity index (χ4v) is 2.38. The molecule has 1 fully saturated rings. The average Bonchev–Trinajstić information content (AvgIpc) is 2.54. The summed E-state index contributed by atoms with van der Waals surface area (Å²) in [5, 5.41) is 0.301. The number of hydrogen-bond donors (Lipinski definition) is 0. The summed E-state index contributed by atoms with van der Waals surface area (Å²) in [7, 11) is 0. The molecule has 1 aliphatic heterocycles. The third-order valence-electron chi connectivity index (χ3n) is 3.29. The number of carbonyl (C=O) groups excluding carboxylic acids is 1. The van der Waals surface area contributed by atoms with Crippen LogP contribution in [-0.2, 0) is 0 Å². The van der Waals surface area contributed by atoms with Gasteiger partial charge >= 0.3 is 0 Å². The van der Waals surface area contributed by atoms with Crippen molar-refractivity contribution >= 4 is 17.5 Å². The van der Waals surface area contributed by atoms with Crippen LogP contribution in [0.15, 0.2) is 18.3 Å². The molecule has 4 heteroatoms. The molecular weight excluding hydrogens is 236 g/mol. The van der Waals surface area contributed by atoms with Gasteiger partial charge in [0, 0.05) is 19.3 Å². The van der Waals surface area contributed by atoms with Crippen LogP contribution in [0.3, 0.4) is 0 Å². The summed E-state index contributed by atoms with van der Waals surface area (Å²) in [5.74, 6) is 0.717. The lowest BCUT2D eigenvalue weighted by atomic mass is 10.0. The predicted molar refractivity (Wildman–Crippen MR) is 68.2 cm³/mol. The van der Waals surface area contributed by atoms with E-state index in [1.165, 1.54) is 6.42 Å². The Bertz CT molecular complexity index is 408. The van der Waals surface area contributed by atoms with E-state index >= 15 is 0 Å². The molecule has 2 heterocycles. The summed E-state index contributed by atoms with van der Waals surface area (Å²) < 4.78 is 0. The third kappa shape index (κ3) is 2.97. The minimum atomic E-state index is 0.0113. The first-order chi connectivity index (χ1) is 8.18. The first-order valence-corrected chi connectivity index (χ1v) is 6.46. The predicted octanol–water partition coefficient (Wildman–Crippen LogP) is 3.00. The normalized spacial score (nSPS) is 21.1. The summed E-state index contributed by atoms with van der Waals surface area (Å²) in [6, 6.07) is 3.49. The lowest BCUT2D eigenvalue weighted by molar-refractivity contribution is 0.0760. The zero-order valence-corrected chi connectivity index (χ0v) is 10.8. The molecule has 1 saturated heterocycles. The zero-order valence-electron chi connectivity index (χ0n) is 10.0. The molecule has 0 N–H and O–H groups in total. The molecule has 1 aromatic heterocycles. The van der Waals surface area contributed by atoms with Gasteiger partial charge in [0.1, 0.15) is 5.15 Å². The Morgan fingerprint density at radius 1 is 1.47 bits per heavy atom. The zero-order chi connectivity index (χ0) is 12.3. The van der Waals surface area contributed by atoms with Crippen LogP contribution in [0.2, 0.25) is 5.15 Å². The Morgan fingerprint density at radius 2 is 2.29 bits per heavy atom. The highest BCUT2D eigenvalue weighted by Crippen LogP contribution is 2.20. The number of aromatic nitrogens is 1. The molecular formula is C13H17ClN2O. The Kier molecular flexibility index (Phi) is 4.00. The molecule has 0 aromatic carbocycles. The van der Waals surface area contributed by atoms with E-state index in [-0.39, 0.29) is 5.91 Å². The average molecular weight is 253 g/mol. The summed E-state index contributed by atoms with van der Waals surface area (Å²) >= 11 is 5.95. The number of amides is 1. The second kappa shape index (κ2) is 5.50. The first-order valence-electron chi connectivity index (χ1n) is 6.08. The number of nitrogens with zero attached hydrogens (tertiary/aromatic N) is 2. The molecule has 17 heavy (non-hydrogen) atoms. The van der Waals surface area contributed by atoms with Gasteiger partial charge in [-0.25, -0.2) is 4.98 Å². The number of carbonyl (C=O) groups is 1. The molecule has 1 aliphatic rings. The van der Waals surface area contributed by atoms with Gasteiger partial charge in [-0.15, -0.1) is 0 Å². The van der Waals surface area contributed by atoms with Crippen LogP contribution in [-0.4, -0.2) is 28.9 Å². The first kappa shape index (κ1) is 12.4.